The number of pyridine rings is 1. The van der Waals surface area contributed by atoms with Crippen LogP contribution in [-0.4, -0.2) is 101 Å². The van der Waals surface area contributed by atoms with Crippen molar-refractivity contribution in [1.29, 1.82) is 0 Å². The van der Waals surface area contributed by atoms with Crippen molar-refractivity contribution in [2.24, 2.45) is 0 Å². The summed E-state index contributed by atoms with van der Waals surface area (Å²) in [6.45, 7) is 17.9. The number of piperazine rings is 1. The summed E-state index contributed by atoms with van der Waals surface area (Å²) < 4.78 is 38.3. The largest absolute Gasteiger partial charge is 0.465 e. The van der Waals surface area contributed by atoms with Gasteiger partial charge in [0, 0.05) is 61.4 Å². The third-order valence-corrected chi connectivity index (χ3v) is 18.8. The quantitative estimate of drug-likeness (QED) is 0.141. The summed E-state index contributed by atoms with van der Waals surface area (Å²) in [4.78, 5) is 31.6. The first kappa shape index (κ1) is 38.0. The van der Waals surface area contributed by atoms with Gasteiger partial charge in [0.1, 0.15) is 37.9 Å². The summed E-state index contributed by atoms with van der Waals surface area (Å²) in [5.41, 5.74) is 6.46. The zero-order valence-corrected chi connectivity index (χ0v) is 33.5. The smallest absolute Gasteiger partial charge is 0.407 e. The van der Waals surface area contributed by atoms with Crippen LogP contribution in [0.2, 0.25) is 16.6 Å². The van der Waals surface area contributed by atoms with Crippen molar-refractivity contribution in [2.75, 3.05) is 44.2 Å². The molecule has 3 aliphatic heterocycles. The van der Waals surface area contributed by atoms with Gasteiger partial charge in [0.25, 0.3) is 0 Å². The first-order chi connectivity index (χ1) is 25.8. The molecule has 0 aliphatic carbocycles. The number of anilines is 1. The van der Waals surface area contributed by atoms with Gasteiger partial charge in [-0.1, -0.05) is 77.8 Å². The van der Waals surface area contributed by atoms with E-state index in [0.29, 0.717) is 52.9 Å². The van der Waals surface area contributed by atoms with E-state index in [0.717, 1.165) is 35.7 Å². The number of ether oxygens (including phenoxy) is 1. The topological polar surface area (TPSA) is 94.9 Å². The third kappa shape index (κ3) is 6.57. The highest BCUT2D eigenvalue weighted by Crippen LogP contribution is 2.43. The van der Waals surface area contributed by atoms with Crippen molar-refractivity contribution in [3.63, 3.8) is 0 Å². The highest BCUT2D eigenvalue weighted by atomic mass is 28.3. The summed E-state index contributed by atoms with van der Waals surface area (Å²) in [7, 11) is -2.06. The van der Waals surface area contributed by atoms with Crippen molar-refractivity contribution in [3.8, 4) is 28.7 Å². The maximum absolute atomic E-state index is 17.3. The van der Waals surface area contributed by atoms with E-state index in [1.807, 2.05) is 48.2 Å². The van der Waals surface area contributed by atoms with Crippen LogP contribution in [0.3, 0.4) is 0 Å². The molecule has 54 heavy (non-hydrogen) atoms. The number of carboxylic acid groups (broad SMARTS) is 1. The van der Waals surface area contributed by atoms with E-state index in [1.54, 1.807) is 6.20 Å². The Bertz CT molecular complexity index is 2110. The number of hydrogen-bond acceptors (Lipinski definition) is 7. The van der Waals surface area contributed by atoms with Crippen molar-refractivity contribution >= 4 is 41.7 Å². The van der Waals surface area contributed by atoms with Gasteiger partial charge >= 0.3 is 12.1 Å². The minimum atomic E-state index is -2.06. The molecule has 3 aliphatic rings. The van der Waals surface area contributed by atoms with Crippen molar-refractivity contribution in [2.45, 2.75) is 102 Å². The fourth-order valence-corrected chi connectivity index (χ4v) is 15.1. The molecule has 0 unspecified atom stereocenters. The van der Waals surface area contributed by atoms with Crippen LogP contribution >= 0.6 is 0 Å². The van der Waals surface area contributed by atoms with E-state index >= 15 is 4.39 Å². The number of hydrogen-bond donors (Lipinski definition) is 1. The third-order valence-electron chi connectivity index (χ3n) is 12.5. The summed E-state index contributed by atoms with van der Waals surface area (Å²) in [6, 6.07) is 11.6. The number of amides is 1. The van der Waals surface area contributed by atoms with E-state index in [-0.39, 0.29) is 43.0 Å². The van der Waals surface area contributed by atoms with E-state index < -0.39 is 31.7 Å². The van der Waals surface area contributed by atoms with Crippen LogP contribution in [0.1, 0.15) is 73.3 Å². The van der Waals surface area contributed by atoms with Gasteiger partial charge in [-0.15, -0.1) is 5.54 Å². The van der Waals surface area contributed by atoms with Gasteiger partial charge in [0.05, 0.1) is 10.9 Å². The van der Waals surface area contributed by atoms with E-state index in [4.69, 9.17) is 19.7 Å². The normalized spacial score (nSPS) is 22.1. The molecular formula is C42H52F2N6O3Si. The average molecular weight is 755 g/mol. The lowest BCUT2D eigenvalue weighted by Gasteiger charge is -2.39. The monoisotopic (exact) mass is 754 g/mol. The summed E-state index contributed by atoms with van der Waals surface area (Å²) >= 11 is 0. The second-order valence-corrected chi connectivity index (χ2v) is 22.1. The van der Waals surface area contributed by atoms with Gasteiger partial charge in [0.15, 0.2) is 5.82 Å². The number of carbonyl (C=O) groups is 1. The lowest BCUT2D eigenvalue weighted by atomic mass is 9.95. The molecule has 9 nitrogen and oxygen atoms in total. The van der Waals surface area contributed by atoms with Crippen molar-refractivity contribution in [3.05, 3.63) is 54.0 Å². The van der Waals surface area contributed by atoms with Crippen molar-refractivity contribution in [1.82, 2.24) is 24.8 Å². The molecular weight excluding hydrogens is 703 g/mol. The molecule has 1 N–H and O–H groups in total. The highest BCUT2D eigenvalue weighted by Gasteiger charge is 2.49. The second kappa shape index (κ2) is 14.7. The molecule has 0 bridgehead atoms. The molecule has 7 rings (SSSR count). The lowest BCUT2D eigenvalue weighted by molar-refractivity contribution is 0.107. The van der Waals surface area contributed by atoms with E-state index in [1.165, 1.54) is 4.90 Å². The molecule has 0 radical (unpaired) electrons. The molecule has 0 spiro atoms. The van der Waals surface area contributed by atoms with Gasteiger partial charge in [-0.2, -0.15) is 9.97 Å². The van der Waals surface area contributed by atoms with Gasteiger partial charge < -0.3 is 19.6 Å². The summed E-state index contributed by atoms with van der Waals surface area (Å²) in [5.74, 6) is 3.44. The average Bonchev–Trinajstić information content (AvgIpc) is 3.66. The number of aromatic nitrogens is 3. The van der Waals surface area contributed by atoms with E-state index in [2.05, 4.69) is 57.9 Å². The van der Waals surface area contributed by atoms with Gasteiger partial charge in [0.2, 0.25) is 0 Å². The van der Waals surface area contributed by atoms with Crippen LogP contribution < -0.4 is 9.64 Å². The Kier molecular flexibility index (Phi) is 10.3. The Balaban J connectivity index is 1.36. The Labute approximate surface area is 318 Å². The number of rotatable bonds is 8. The molecule has 0 saturated carbocycles. The minimum absolute atomic E-state index is 0.00628. The summed E-state index contributed by atoms with van der Waals surface area (Å²) in [5, 5.41) is 11.9. The molecule has 12 heteroatoms. The summed E-state index contributed by atoms with van der Waals surface area (Å²) in [6.07, 6.45) is 1.86. The molecule has 286 valence electrons. The Morgan fingerprint density at radius 3 is 2.44 bits per heavy atom. The maximum atomic E-state index is 17.3. The lowest BCUT2D eigenvalue weighted by Crippen LogP contribution is -2.53. The molecule has 1 amide bonds. The number of halogens is 2. The zero-order chi connectivity index (χ0) is 38.5. The van der Waals surface area contributed by atoms with Crippen LogP contribution in [0, 0.1) is 17.3 Å². The Morgan fingerprint density at radius 2 is 1.76 bits per heavy atom. The van der Waals surface area contributed by atoms with Crippen LogP contribution in [0.25, 0.3) is 32.9 Å². The zero-order valence-electron chi connectivity index (χ0n) is 32.5. The van der Waals surface area contributed by atoms with Gasteiger partial charge in [-0.3, -0.25) is 9.88 Å². The first-order valence-corrected chi connectivity index (χ1v) is 21.7. The minimum Gasteiger partial charge on any atom is -0.465 e. The molecule has 3 saturated heterocycles. The fourth-order valence-electron chi connectivity index (χ4n) is 9.84. The van der Waals surface area contributed by atoms with Crippen LogP contribution in [0.15, 0.2) is 42.6 Å². The SMILES string of the molecule is CC(C)[Si](C#Cc1cccc2cccc(-c3ncc4c(N5CCN(C(=O)O)C[C@@H]5C)nc(OC[C@@]56CCCN5C[C@H](F)C6)nc4c3F)c12)(C(C)C)C(C)C. The number of nitrogens with zero attached hydrogens (tertiary/aromatic N) is 6. The number of benzene rings is 2. The van der Waals surface area contributed by atoms with Crippen LogP contribution in [0.4, 0.5) is 19.4 Å². The molecule has 2 aromatic carbocycles. The number of alkyl halides is 1. The molecule has 5 heterocycles. The fraction of sp³-hybridized carbons (Fsp3) is 0.524. The first-order valence-electron chi connectivity index (χ1n) is 19.4. The number of fused-ring (bicyclic) bond motifs is 3. The molecule has 3 fully saturated rings. The molecule has 2 aromatic heterocycles. The highest BCUT2D eigenvalue weighted by molar-refractivity contribution is 6.90. The molecule has 4 aromatic rings. The molecule has 3 atom stereocenters. The predicted octanol–water partition coefficient (Wildman–Crippen LogP) is 8.70. The second-order valence-electron chi connectivity index (χ2n) is 16.5. The van der Waals surface area contributed by atoms with Crippen LogP contribution in [-0.2, 0) is 0 Å². The predicted molar refractivity (Wildman–Crippen MR) is 213 cm³/mol. The van der Waals surface area contributed by atoms with Crippen molar-refractivity contribution < 1.29 is 23.4 Å². The Morgan fingerprint density at radius 1 is 1.04 bits per heavy atom. The van der Waals surface area contributed by atoms with Gasteiger partial charge in [-0.05, 0) is 54.4 Å². The maximum Gasteiger partial charge on any atom is 0.407 e. The van der Waals surface area contributed by atoms with Crippen LogP contribution in [0.5, 0.6) is 6.01 Å². The van der Waals surface area contributed by atoms with Gasteiger partial charge in [-0.25, -0.2) is 13.6 Å². The standard InChI is InChI=1S/C42H52F2N6O3Si/c1-26(2)54(27(3)4,28(5)6)20-15-31-12-8-11-30-13-9-14-33(35(30)31)37-36(44)38-34(22-45-37)39(50-19-18-48(41(51)52)23-29(50)7)47-40(46-38)53-25-42-16-10-17-49(42)24-32(43)21-42/h8-9,11-14,22,26-29,32H,10,16-19,21,23-25H2,1-7H3,(H,51,52)/t29-,32+,42-/m0/s1. The van der Waals surface area contributed by atoms with E-state index in [9.17, 15) is 14.3 Å². The Hall–Kier alpha value is -4.34.